The zero-order chi connectivity index (χ0) is 15.7. The molecule has 0 aliphatic heterocycles. The summed E-state index contributed by atoms with van der Waals surface area (Å²) in [6, 6.07) is 0. The van der Waals surface area contributed by atoms with E-state index < -0.39 is 12.3 Å². The molecule has 0 aromatic carbocycles. The molecule has 4 aliphatic carbocycles. The predicted octanol–water partition coefficient (Wildman–Crippen LogP) is 3.62. The van der Waals surface area contributed by atoms with Gasteiger partial charge in [0, 0.05) is 0 Å². The van der Waals surface area contributed by atoms with E-state index in [9.17, 15) is 14.6 Å². The summed E-state index contributed by atoms with van der Waals surface area (Å²) >= 11 is 0. The Hall–Kier alpha value is -0.410. The maximum atomic E-state index is 14.2. The Bertz CT molecular complexity index is 504. The van der Waals surface area contributed by atoms with E-state index in [1.165, 1.54) is 5.57 Å². The molecule has 0 radical (unpaired) electrons. The topological polar surface area (TPSA) is 40.5 Å². The fourth-order valence-corrected chi connectivity index (χ4v) is 6.74. The first kappa shape index (κ1) is 15.1. The normalized spacial score (nSPS) is 57.6. The van der Waals surface area contributed by atoms with Gasteiger partial charge in [0.2, 0.25) is 0 Å². The van der Waals surface area contributed by atoms with Gasteiger partial charge in [-0.2, -0.15) is 0 Å². The minimum atomic E-state index is -1.05. The highest BCUT2D eigenvalue weighted by Crippen LogP contribution is 2.65. The molecule has 0 spiro atoms. The van der Waals surface area contributed by atoms with Crippen molar-refractivity contribution in [3.05, 3.63) is 11.6 Å². The Labute approximate surface area is 132 Å². The molecule has 0 aromatic rings. The smallest absolute Gasteiger partial charge is 0.127 e. The molecule has 0 unspecified atom stereocenters. The van der Waals surface area contributed by atoms with Gasteiger partial charge in [-0.05, 0) is 73.5 Å². The highest BCUT2D eigenvalue weighted by molar-refractivity contribution is 5.25. The molecular formula is C19H29FO2. The predicted molar refractivity (Wildman–Crippen MR) is 84.0 cm³/mol. The average Bonchev–Trinajstić information content (AvgIpc) is 2.70. The molecule has 3 fully saturated rings. The minimum absolute atomic E-state index is 0.0985. The van der Waals surface area contributed by atoms with Gasteiger partial charge in [0.1, 0.15) is 6.17 Å². The van der Waals surface area contributed by atoms with E-state index in [2.05, 4.69) is 19.9 Å². The second-order valence-electron chi connectivity index (χ2n) is 8.90. The number of aliphatic hydroxyl groups excluding tert-OH is 2. The van der Waals surface area contributed by atoms with Crippen molar-refractivity contribution in [2.45, 2.75) is 77.2 Å². The third-order valence-corrected chi connectivity index (χ3v) is 7.97. The van der Waals surface area contributed by atoms with E-state index in [4.69, 9.17) is 0 Å². The van der Waals surface area contributed by atoms with Crippen LogP contribution < -0.4 is 0 Å². The molecule has 2 N–H and O–H groups in total. The molecule has 0 aromatic heterocycles. The van der Waals surface area contributed by atoms with Crippen LogP contribution in [0.5, 0.6) is 0 Å². The summed E-state index contributed by atoms with van der Waals surface area (Å²) in [5.41, 5.74) is 1.41. The molecular weight excluding hydrogens is 279 g/mol. The van der Waals surface area contributed by atoms with Crippen molar-refractivity contribution in [1.29, 1.82) is 0 Å². The molecule has 4 rings (SSSR count). The maximum absolute atomic E-state index is 14.2. The van der Waals surface area contributed by atoms with Crippen molar-refractivity contribution in [2.75, 3.05) is 0 Å². The molecule has 124 valence electrons. The van der Waals surface area contributed by atoms with E-state index in [1.54, 1.807) is 0 Å². The minimum Gasteiger partial charge on any atom is -0.393 e. The number of aliphatic hydroxyl groups is 2. The highest BCUT2D eigenvalue weighted by atomic mass is 19.1. The van der Waals surface area contributed by atoms with Gasteiger partial charge in [-0.25, -0.2) is 4.39 Å². The van der Waals surface area contributed by atoms with E-state index in [1.807, 2.05) is 0 Å². The Kier molecular flexibility index (Phi) is 3.30. The molecule has 0 amide bonds. The Morgan fingerprint density at radius 3 is 2.73 bits per heavy atom. The molecule has 2 nitrogen and oxygen atoms in total. The summed E-state index contributed by atoms with van der Waals surface area (Å²) in [7, 11) is 0. The molecule has 0 heterocycles. The van der Waals surface area contributed by atoms with E-state index in [0.717, 1.165) is 38.5 Å². The average molecular weight is 308 g/mol. The fraction of sp³-hybridized carbons (Fsp3) is 0.895. The third-order valence-electron chi connectivity index (χ3n) is 7.97. The number of allylic oxidation sites excluding steroid dienone is 1. The van der Waals surface area contributed by atoms with Crippen molar-refractivity contribution in [1.82, 2.24) is 0 Å². The van der Waals surface area contributed by atoms with Crippen LogP contribution in [-0.2, 0) is 0 Å². The van der Waals surface area contributed by atoms with Gasteiger partial charge in [0.15, 0.2) is 0 Å². The summed E-state index contributed by atoms with van der Waals surface area (Å²) < 4.78 is 14.2. The summed E-state index contributed by atoms with van der Waals surface area (Å²) in [5.74, 6) is 1.38. The summed E-state index contributed by atoms with van der Waals surface area (Å²) in [5, 5.41) is 20.5. The van der Waals surface area contributed by atoms with Crippen LogP contribution in [0.15, 0.2) is 11.6 Å². The van der Waals surface area contributed by atoms with Crippen LogP contribution in [-0.4, -0.2) is 28.6 Å². The second kappa shape index (κ2) is 4.80. The van der Waals surface area contributed by atoms with Crippen LogP contribution in [0.3, 0.4) is 0 Å². The van der Waals surface area contributed by atoms with Gasteiger partial charge >= 0.3 is 0 Å². The van der Waals surface area contributed by atoms with Gasteiger partial charge in [0.05, 0.1) is 12.2 Å². The van der Waals surface area contributed by atoms with Gasteiger partial charge in [-0.3, -0.25) is 0 Å². The monoisotopic (exact) mass is 308 g/mol. The van der Waals surface area contributed by atoms with Crippen molar-refractivity contribution in [2.24, 2.45) is 28.6 Å². The first-order valence-corrected chi connectivity index (χ1v) is 9.06. The van der Waals surface area contributed by atoms with Crippen LogP contribution in [0.2, 0.25) is 0 Å². The number of hydrogen-bond donors (Lipinski definition) is 2. The summed E-state index contributed by atoms with van der Waals surface area (Å²) in [6.07, 6.45) is 6.68. The lowest BCUT2D eigenvalue weighted by Crippen LogP contribution is -2.52. The summed E-state index contributed by atoms with van der Waals surface area (Å²) in [6.45, 7) is 4.44. The van der Waals surface area contributed by atoms with Crippen molar-refractivity contribution < 1.29 is 14.6 Å². The summed E-state index contributed by atoms with van der Waals surface area (Å²) in [4.78, 5) is 0. The van der Waals surface area contributed by atoms with Crippen LogP contribution in [0.4, 0.5) is 4.39 Å². The number of fused-ring (bicyclic) bond motifs is 5. The zero-order valence-corrected chi connectivity index (χ0v) is 13.8. The van der Waals surface area contributed by atoms with E-state index >= 15 is 0 Å². The second-order valence-corrected chi connectivity index (χ2v) is 8.90. The lowest BCUT2D eigenvalue weighted by molar-refractivity contribution is -0.0857. The molecule has 4 aliphatic rings. The van der Waals surface area contributed by atoms with Gasteiger partial charge in [-0.1, -0.05) is 25.5 Å². The molecule has 0 saturated heterocycles. The number of hydrogen-bond acceptors (Lipinski definition) is 2. The van der Waals surface area contributed by atoms with Crippen LogP contribution >= 0.6 is 0 Å². The standard InChI is InChI=1S/C19H29FO2/c1-18-8-7-14-13(15(18)9-16(20)17(18)22)6-4-11-3-5-12(21)10-19(11,14)2/h3,12-17,21-22H,4-10H2,1-2H3/t12-,13-,14+,15+,16-,17+,18+,19+/m1/s1. The van der Waals surface area contributed by atoms with Crippen LogP contribution in [0, 0.1) is 28.6 Å². The Morgan fingerprint density at radius 1 is 1.18 bits per heavy atom. The maximum Gasteiger partial charge on any atom is 0.127 e. The molecule has 3 heteroatoms. The van der Waals surface area contributed by atoms with Crippen molar-refractivity contribution in [3.8, 4) is 0 Å². The Balaban J connectivity index is 1.68. The van der Waals surface area contributed by atoms with Gasteiger partial charge in [0.25, 0.3) is 0 Å². The Morgan fingerprint density at radius 2 is 1.95 bits per heavy atom. The number of alkyl halides is 1. The van der Waals surface area contributed by atoms with Crippen molar-refractivity contribution >= 4 is 0 Å². The van der Waals surface area contributed by atoms with E-state index in [0.29, 0.717) is 24.2 Å². The van der Waals surface area contributed by atoms with Gasteiger partial charge < -0.3 is 10.2 Å². The zero-order valence-electron chi connectivity index (χ0n) is 13.8. The SMILES string of the molecule is C[C@]12CC[C@H]3[C@@H](CCC4=CC[C@@H](O)C[C@@]43C)[C@@H]1C[C@@H](F)[C@@H]2O. The lowest BCUT2D eigenvalue weighted by atomic mass is 9.47. The molecule has 8 atom stereocenters. The van der Waals surface area contributed by atoms with E-state index in [-0.39, 0.29) is 16.9 Å². The first-order chi connectivity index (χ1) is 10.4. The number of rotatable bonds is 0. The molecule has 3 saturated carbocycles. The van der Waals surface area contributed by atoms with Crippen LogP contribution in [0.25, 0.3) is 0 Å². The quantitative estimate of drug-likeness (QED) is 0.671. The molecule has 0 bridgehead atoms. The van der Waals surface area contributed by atoms with Gasteiger partial charge in [-0.15, -0.1) is 0 Å². The number of halogens is 1. The first-order valence-electron chi connectivity index (χ1n) is 9.06. The van der Waals surface area contributed by atoms with Crippen LogP contribution in [0.1, 0.15) is 58.8 Å². The largest absolute Gasteiger partial charge is 0.393 e. The fourth-order valence-electron chi connectivity index (χ4n) is 6.74. The highest BCUT2D eigenvalue weighted by Gasteiger charge is 2.61. The molecule has 22 heavy (non-hydrogen) atoms. The third kappa shape index (κ3) is 1.84. The lowest BCUT2D eigenvalue weighted by Gasteiger charge is -2.58. The van der Waals surface area contributed by atoms with Crippen molar-refractivity contribution in [3.63, 3.8) is 0 Å².